The third-order valence-corrected chi connectivity index (χ3v) is 2.70. The van der Waals surface area contributed by atoms with Crippen molar-refractivity contribution in [3.8, 4) is 11.6 Å². The largest absolute Gasteiger partial charge is 0.496 e. The Morgan fingerprint density at radius 1 is 1.22 bits per heavy atom. The number of aromatic nitrogens is 4. The summed E-state index contributed by atoms with van der Waals surface area (Å²) < 4.78 is 6.94. The van der Waals surface area contributed by atoms with Gasteiger partial charge < -0.3 is 10.5 Å². The van der Waals surface area contributed by atoms with Gasteiger partial charge >= 0.3 is 0 Å². The second-order valence-corrected chi connectivity index (χ2v) is 3.71. The molecule has 0 amide bonds. The lowest BCUT2D eigenvalue weighted by atomic mass is 10.2. The van der Waals surface area contributed by atoms with Gasteiger partial charge in [0.25, 0.3) is 0 Å². The third-order valence-electron chi connectivity index (χ3n) is 2.70. The fourth-order valence-electron chi connectivity index (χ4n) is 1.88. The van der Waals surface area contributed by atoms with Crippen LogP contribution in [0.3, 0.4) is 0 Å². The highest BCUT2D eigenvalue weighted by Crippen LogP contribution is 2.27. The average molecular weight is 241 g/mol. The molecule has 0 fully saturated rings. The number of nitrogen functional groups attached to an aromatic ring is 1. The second kappa shape index (κ2) is 3.99. The monoisotopic (exact) mass is 241 g/mol. The van der Waals surface area contributed by atoms with Crippen LogP contribution in [-0.4, -0.2) is 26.9 Å². The fourth-order valence-corrected chi connectivity index (χ4v) is 1.88. The number of nitrogens with zero attached hydrogens (tertiary/aromatic N) is 4. The molecule has 6 nitrogen and oxygen atoms in total. The summed E-state index contributed by atoms with van der Waals surface area (Å²) in [6.45, 7) is 0. The molecule has 6 heteroatoms. The summed E-state index contributed by atoms with van der Waals surface area (Å²) in [5.41, 5.74) is 6.68. The molecule has 18 heavy (non-hydrogen) atoms. The van der Waals surface area contributed by atoms with Crippen molar-refractivity contribution in [1.82, 2.24) is 19.7 Å². The molecule has 0 unspecified atom stereocenters. The molecule has 2 N–H and O–H groups in total. The Labute approximate surface area is 103 Å². The molecule has 0 aliphatic carbocycles. The standard InChI is InChI=1S/C12H11N5O/c1-18-10-4-2-3-9-8(10)7-16-17(9)12-11(13)14-5-6-15-12/h2-7H,1H3,(H2,13,14). The highest BCUT2D eigenvalue weighted by atomic mass is 16.5. The zero-order valence-corrected chi connectivity index (χ0v) is 9.74. The van der Waals surface area contributed by atoms with Crippen LogP contribution in [0.2, 0.25) is 0 Å². The summed E-state index contributed by atoms with van der Waals surface area (Å²) in [4.78, 5) is 8.21. The molecule has 0 aliphatic rings. The van der Waals surface area contributed by atoms with E-state index < -0.39 is 0 Å². The number of methoxy groups -OCH3 is 1. The molecule has 0 saturated heterocycles. The molecule has 1 aromatic carbocycles. The van der Waals surface area contributed by atoms with Crippen molar-refractivity contribution >= 4 is 16.7 Å². The average Bonchev–Trinajstić information content (AvgIpc) is 2.83. The molecular weight excluding hydrogens is 230 g/mol. The van der Waals surface area contributed by atoms with Gasteiger partial charge in [0, 0.05) is 12.4 Å². The van der Waals surface area contributed by atoms with Gasteiger partial charge in [0.2, 0.25) is 0 Å². The Morgan fingerprint density at radius 2 is 2.06 bits per heavy atom. The normalized spacial score (nSPS) is 10.7. The van der Waals surface area contributed by atoms with Crippen LogP contribution in [0, 0.1) is 0 Å². The van der Waals surface area contributed by atoms with E-state index in [4.69, 9.17) is 10.5 Å². The van der Waals surface area contributed by atoms with Gasteiger partial charge in [-0.05, 0) is 12.1 Å². The van der Waals surface area contributed by atoms with Gasteiger partial charge in [-0.1, -0.05) is 6.07 Å². The first-order valence-corrected chi connectivity index (χ1v) is 5.39. The molecule has 2 heterocycles. The fraction of sp³-hybridized carbons (Fsp3) is 0.0833. The number of anilines is 1. The molecule has 0 aliphatic heterocycles. The van der Waals surface area contributed by atoms with Crippen molar-refractivity contribution in [2.24, 2.45) is 0 Å². The SMILES string of the molecule is COc1cccc2c1cnn2-c1nccnc1N. The second-order valence-electron chi connectivity index (χ2n) is 3.71. The van der Waals surface area contributed by atoms with Crippen LogP contribution >= 0.6 is 0 Å². The van der Waals surface area contributed by atoms with E-state index >= 15 is 0 Å². The zero-order chi connectivity index (χ0) is 12.5. The molecule has 0 spiro atoms. The Bertz CT molecular complexity index is 707. The predicted molar refractivity (Wildman–Crippen MR) is 67.6 cm³/mol. The van der Waals surface area contributed by atoms with Crippen molar-refractivity contribution in [3.05, 3.63) is 36.8 Å². The Balaban J connectivity index is 2.29. The molecule has 0 atom stereocenters. The first-order valence-electron chi connectivity index (χ1n) is 5.39. The van der Waals surface area contributed by atoms with Crippen molar-refractivity contribution in [3.63, 3.8) is 0 Å². The number of nitrogens with two attached hydrogens (primary N) is 1. The van der Waals surface area contributed by atoms with Crippen LogP contribution in [0.5, 0.6) is 5.75 Å². The highest BCUT2D eigenvalue weighted by Gasteiger charge is 2.11. The van der Waals surface area contributed by atoms with E-state index in [0.717, 1.165) is 16.7 Å². The number of hydrogen-bond acceptors (Lipinski definition) is 5. The quantitative estimate of drug-likeness (QED) is 0.733. The van der Waals surface area contributed by atoms with E-state index in [2.05, 4.69) is 15.1 Å². The van der Waals surface area contributed by atoms with Crippen LogP contribution in [0.1, 0.15) is 0 Å². The predicted octanol–water partition coefficient (Wildman–Crippen LogP) is 1.41. The molecule has 2 aromatic heterocycles. The molecule has 0 saturated carbocycles. The van der Waals surface area contributed by atoms with Crippen LogP contribution < -0.4 is 10.5 Å². The summed E-state index contributed by atoms with van der Waals surface area (Å²) in [7, 11) is 1.63. The molecule has 3 aromatic rings. The van der Waals surface area contributed by atoms with Gasteiger partial charge in [-0.3, -0.25) is 0 Å². The summed E-state index contributed by atoms with van der Waals surface area (Å²) in [6.07, 6.45) is 4.85. The third kappa shape index (κ3) is 1.46. The highest BCUT2D eigenvalue weighted by molar-refractivity contribution is 5.86. The smallest absolute Gasteiger partial charge is 0.196 e. The van der Waals surface area contributed by atoms with Gasteiger partial charge in [0.1, 0.15) is 5.75 Å². The van der Waals surface area contributed by atoms with Crippen LogP contribution in [-0.2, 0) is 0 Å². The number of rotatable bonds is 2. The first kappa shape index (κ1) is 10.5. The summed E-state index contributed by atoms with van der Waals surface area (Å²) in [5.74, 6) is 1.62. The van der Waals surface area contributed by atoms with Crippen molar-refractivity contribution in [1.29, 1.82) is 0 Å². The summed E-state index contributed by atoms with van der Waals surface area (Å²) >= 11 is 0. The van der Waals surface area contributed by atoms with Crippen LogP contribution in [0.15, 0.2) is 36.8 Å². The van der Waals surface area contributed by atoms with Crippen LogP contribution in [0.25, 0.3) is 16.7 Å². The Kier molecular flexibility index (Phi) is 2.33. The molecule has 90 valence electrons. The van der Waals surface area contributed by atoms with Gasteiger partial charge in [-0.25, -0.2) is 14.6 Å². The van der Waals surface area contributed by atoms with E-state index in [1.165, 1.54) is 0 Å². The lowest BCUT2D eigenvalue weighted by molar-refractivity contribution is 0.420. The van der Waals surface area contributed by atoms with E-state index in [9.17, 15) is 0 Å². The van der Waals surface area contributed by atoms with Crippen molar-refractivity contribution in [2.75, 3.05) is 12.8 Å². The van der Waals surface area contributed by atoms with E-state index in [1.54, 1.807) is 30.4 Å². The zero-order valence-electron chi connectivity index (χ0n) is 9.74. The molecular formula is C12H11N5O. The topological polar surface area (TPSA) is 78.8 Å². The maximum absolute atomic E-state index is 5.81. The summed E-state index contributed by atoms with van der Waals surface area (Å²) in [6, 6.07) is 5.71. The van der Waals surface area contributed by atoms with E-state index in [1.807, 2.05) is 18.2 Å². The van der Waals surface area contributed by atoms with Crippen molar-refractivity contribution < 1.29 is 4.74 Å². The minimum Gasteiger partial charge on any atom is -0.496 e. The lowest BCUT2D eigenvalue weighted by Gasteiger charge is -2.05. The molecule has 0 bridgehead atoms. The van der Waals surface area contributed by atoms with Gasteiger partial charge in [-0.15, -0.1) is 0 Å². The maximum atomic E-state index is 5.81. The lowest BCUT2D eigenvalue weighted by Crippen LogP contribution is -2.05. The van der Waals surface area contributed by atoms with Gasteiger partial charge in [0.15, 0.2) is 11.6 Å². The Morgan fingerprint density at radius 3 is 2.83 bits per heavy atom. The first-order chi connectivity index (χ1) is 8.81. The molecule has 3 rings (SSSR count). The minimum absolute atomic E-state index is 0.338. The molecule has 0 radical (unpaired) electrons. The Hall–Kier alpha value is -2.63. The minimum atomic E-state index is 0.338. The van der Waals surface area contributed by atoms with Gasteiger partial charge in [-0.2, -0.15) is 5.10 Å². The van der Waals surface area contributed by atoms with Crippen molar-refractivity contribution in [2.45, 2.75) is 0 Å². The van der Waals surface area contributed by atoms with Crippen LogP contribution in [0.4, 0.5) is 5.82 Å². The number of fused-ring (bicyclic) bond motifs is 1. The number of ether oxygens (including phenoxy) is 1. The van der Waals surface area contributed by atoms with E-state index in [0.29, 0.717) is 11.6 Å². The number of benzene rings is 1. The van der Waals surface area contributed by atoms with Gasteiger partial charge in [0.05, 0.1) is 24.2 Å². The maximum Gasteiger partial charge on any atom is 0.196 e. The summed E-state index contributed by atoms with van der Waals surface area (Å²) in [5, 5.41) is 5.20. The van der Waals surface area contributed by atoms with E-state index in [-0.39, 0.29) is 0 Å². The number of hydrogen-bond donors (Lipinski definition) is 1.